The fourth-order valence-corrected chi connectivity index (χ4v) is 2.67. The van der Waals surface area contributed by atoms with Gasteiger partial charge in [0.05, 0.1) is 25.3 Å². The summed E-state index contributed by atoms with van der Waals surface area (Å²) in [6.07, 6.45) is 2.47. The monoisotopic (exact) mass is 422 g/mol. The highest BCUT2D eigenvalue weighted by atomic mass is 35.5. The van der Waals surface area contributed by atoms with Gasteiger partial charge in [-0.25, -0.2) is 4.98 Å². The van der Waals surface area contributed by atoms with E-state index >= 15 is 0 Å². The van der Waals surface area contributed by atoms with E-state index in [0.717, 1.165) is 6.42 Å². The Morgan fingerprint density at radius 1 is 1.17 bits per heavy atom. The highest BCUT2D eigenvalue weighted by molar-refractivity contribution is 6.32. The molecule has 0 bridgehead atoms. The van der Waals surface area contributed by atoms with Gasteiger partial charge in [-0.2, -0.15) is 0 Å². The Morgan fingerprint density at radius 2 is 1.97 bits per heavy atom. The lowest BCUT2D eigenvalue weighted by Crippen LogP contribution is -2.15. The smallest absolute Gasteiger partial charge is 0.256 e. The molecule has 29 heavy (non-hydrogen) atoms. The summed E-state index contributed by atoms with van der Waals surface area (Å²) >= 11 is 6.36. The molecule has 0 atom stereocenters. The second-order valence-corrected chi connectivity index (χ2v) is 7.08. The maximum atomic E-state index is 12.8. The molecule has 1 aromatic carbocycles. The number of rotatable bonds is 11. The molecule has 1 amide bonds. The van der Waals surface area contributed by atoms with E-state index in [1.807, 2.05) is 0 Å². The Kier molecular flexibility index (Phi) is 9.02. The summed E-state index contributed by atoms with van der Waals surface area (Å²) < 4.78 is 21.6. The maximum Gasteiger partial charge on any atom is 0.256 e. The van der Waals surface area contributed by atoms with Crippen LogP contribution < -0.4 is 19.5 Å². The SMILES string of the molecule is COCCOc1ncccc1NC(=O)c1cc(Cl)c(OCCC(C)C)c(OC)c1. The van der Waals surface area contributed by atoms with Gasteiger partial charge in [-0.05, 0) is 36.6 Å². The molecular weight excluding hydrogens is 396 g/mol. The van der Waals surface area contributed by atoms with Crippen molar-refractivity contribution in [3.05, 3.63) is 41.0 Å². The van der Waals surface area contributed by atoms with Crippen molar-refractivity contribution in [2.24, 2.45) is 5.92 Å². The van der Waals surface area contributed by atoms with Crippen LogP contribution in [0.4, 0.5) is 5.69 Å². The van der Waals surface area contributed by atoms with E-state index in [4.69, 9.17) is 30.5 Å². The summed E-state index contributed by atoms with van der Waals surface area (Å²) in [5.41, 5.74) is 0.774. The molecule has 0 saturated heterocycles. The maximum absolute atomic E-state index is 12.8. The van der Waals surface area contributed by atoms with Crippen LogP contribution in [0.25, 0.3) is 0 Å². The van der Waals surface area contributed by atoms with Crippen LogP contribution in [0.15, 0.2) is 30.5 Å². The molecule has 0 saturated carbocycles. The van der Waals surface area contributed by atoms with Crippen molar-refractivity contribution >= 4 is 23.2 Å². The minimum Gasteiger partial charge on any atom is -0.493 e. The molecule has 7 nitrogen and oxygen atoms in total. The molecular formula is C21H27ClN2O5. The van der Waals surface area contributed by atoms with Gasteiger partial charge in [0.25, 0.3) is 5.91 Å². The van der Waals surface area contributed by atoms with E-state index in [1.165, 1.54) is 7.11 Å². The number of aromatic nitrogens is 1. The van der Waals surface area contributed by atoms with Crippen LogP contribution in [0.2, 0.25) is 5.02 Å². The summed E-state index contributed by atoms with van der Waals surface area (Å²) in [6.45, 7) is 5.47. The average Bonchev–Trinajstić information content (AvgIpc) is 2.70. The molecule has 1 heterocycles. The first-order valence-electron chi connectivity index (χ1n) is 9.34. The van der Waals surface area contributed by atoms with Crippen LogP contribution >= 0.6 is 11.6 Å². The van der Waals surface area contributed by atoms with E-state index in [2.05, 4.69) is 24.1 Å². The van der Waals surface area contributed by atoms with Gasteiger partial charge in [0.15, 0.2) is 11.5 Å². The van der Waals surface area contributed by atoms with Gasteiger partial charge in [-0.1, -0.05) is 25.4 Å². The van der Waals surface area contributed by atoms with E-state index in [9.17, 15) is 4.79 Å². The van der Waals surface area contributed by atoms with Gasteiger partial charge < -0.3 is 24.3 Å². The highest BCUT2D eigenvalue weighted by Gasteiger charge is 2.17. The van der Waals surface area contributed by atoms with Gasteiger partial charge in [-0.15, -0.1) is 0 Å². The van der Waals surface area contributed by atoms with Gasteiger partial charge in [-0.3, -0.25) is 4.79 Å². The average molecular weight is 423 g/mol. The zero-order chi connectivity index (χ0) is 21.2. The Labute approximate surface area is 176 Å². The van der Waals surface area contributed by atoms with E-state index in [0.29, 0.717) is 59.4 Å². The Hall–Kier alpha value is -2.51. The number of amides is 1. The quantitative estimate of drug-likeness (QED) is 0.539. The summed E-state index contributed by atoms with van der Waals surface area (Å²) in [7, 11) is 3.09. The number of carbonyl (C=O) groups is 1. The fourth-order valence-electron chi connectivity index (χ4n) is 2.40. The second-order valence-electron chi connectivity index (χ2n) is 6.67. The minimum absolute atomic E-state index is 0.306. The van der Waals surface area contributed by atoms with Crippen molar-refractivity contribution in [1.29, 1.82) is 0 Å². The second kappa shape index (κ2) is 11.5. The first-order chi connectivity index (χ1) is 14.0. The molecule has 0 unspecified atom stereocenters. The number of carbonyl (C=O) groups excluding carboxylic acids is 1. The molecule has 0 aliphatic rings. The van der Waals surface area contributed by atoms with Crippen molar-refractivity contribution in [2.75, 3.05) is 39.4 Å². The Bertz CT molecular complexity index is 814. The van der Waals surface area contributed by atoms with Gasteiger partial charge >= 0.3 is 0 Å². The molecule has 2 aromatic rings. The Morgan fingerprint density at radius 3 is 2.66 bits per heavy atom. The van der Waals surface area contributed by atoms with Gasteiger partial charge in [0.2, 0.25) is 5.88 Å². The topological polar surface area (TPSA) is 78.9 Å². The van der Waals surface area contributed by atoms with Crippen LogP contribution in [-0.2, 0) is 4.74 Å². The molecule has 0 radical (unpaired) electrons. The number of halogens is 1. The first-order valence-corrected chi connectivity index (χ1v) is 9.72. The van der Waals surface area contributed by atoms with Gasteiger partial charge in [0, 0.05) is 18.9 Å². The summed E-state index contributed by atoms with van der Waals surface area (Å²) in [5.74, 6) is 1.27. The lowest BCUT2D eigenvalue weighted by molar-refractivity contribution is 0.102. The minimum atomic E-state index is -0.372. The summed E-state index contributed by atoms with van der Waals surface area (Å²) in [5, 5.41) is 3.09. The van der Waals surface area contributed by atoms with E-state index in [1.54, 1.807) is 37.6 Å². The number of nitrogens with zero attached hydrogens (tertiary/aromatic N) is 1. The highest BCUT2D eigenvalue weighted by Crippen LogP contribution is 2.37. The largest absolute Gasteiger partial charge is 0.493 e. The standard InChI is InChI=1S/C21H27ClN2O5/c1-14(2)7-9-28-19-16(22)12-15(13-18(19)27-4)20(25)24-17-6-5-8-23-21(17)29-11-10-26-3/h5-6,8,12-14H,7,9-11H2,1-4H3,(H,24,25). The molecule has 1 aromatic heterocycles. The van der Waals surface area contributed by atoms with E-state index in [-0.39, 0.29) is 5.91 Å². The third-order valence-corrected chi connectivity index (χ3v) is 4.26. The van der Waals surface area contributed by atoms with Crippen molar-refractivity contribution in [3.63, 3.8) is 0 Å². The third kappa shape index (κ3) is 6.80. The molecule has 0 spiro atoms. The van der Waals surface area contributed by atoms with Crippen molar-refractivity contribution in [3.8, 4) is 17.4 Å². The van der Waals surface area contributed by atoms with Crippen LogP contribution in [0, 0.1) is 5.92 Å². The lowest BCUT2D eigenvalue weighted by atomic mass is 10.1. The number of benzene rings is 1. The molecule has 0 fully saturated rings. The number of hydrogen-bond acceptors (Lipinski definition) is 6. The van der Waals surface area contributed by atoms with E-state index < -0.39 is 0 Å². The predicted molar refractivity (Wildman–Crippen MR) is 113 cm³/mol. The zero-order valence-corrected chi connectivity index (χ0v) is 17.9. The van der Waals surface area contributed by atoms with Crippen LogP contribution in [0.3, 0.4) is 0 Å². The fraction of sp³-hybridized carbons (Fsp3) is 0.429. The summed E-state index contributed by atoms with van der Waals surface area (Å²) in [4.78, 5) is 16.9. The van der Waals surface area contributed by atoms with Crippen LogP contribution in [0.5, 0.6) is 17.4 Å². The number of anilines is 1. The number of methoxy groups -OCH3 is 2. The number of nitrogens with one attached hydrogen (secondary N) is 1. The normalized spacial score (nSPS) is 10.7. The molecule has 8 heteroatoms. The molecule has 158 valence electrons. The van der Waals surface area contributed by atoms with Crippen molar-refractivity contribution < 1.29 is 23.7 Å². The molecule has 0 aliphatic heterocycles. The molecule has 0 aliphatic carbocycles. The lowest BCUT2D eigenvalue weighted by Gasteiger charge is -2.15. The van der Waals surface area contributed by atoms with Crippen molar-refractivity contribution in [1.82, 2.24) is 4.98 Å². The number of pyridine rings is 1. The first kappa shape index (κ1) is 22.8. The van der Waals surface area contributed by atoms with Crippen LogP contribution in [0.1, 0.15) is 30.6 Å². The molecule has 2 rings (SSSR count). The van der Waals surface area contributed by atoms with Crippen molar-refractivity contribution in [2.45, 2.75) is 20.3 Å². The third-order valence-electron chi connectivity index (χ3n) is 3.98. The summed E-state index contributed by atoms with van der Waals surface area (Å²) in [6, 6.07) is 6.55. The van der Waals surface area contributed by atoms with Crippen LogP contribution in [-0.4, -0.2) is 44.9 Å². The van der Waals surface area contributed by atoms with Gasteiger partial charge in [0.1, 0.15) is 12.3 Å². The molecule has 1 N–H and O–H groups in total. The number of ether oxygens (including phenoxy) is 4. The zero-order valence-electron chi connectivity index (χ0n) is 17.2. The number of hydrogen-bond donors (Lipinski definition) is 1. The predicted octanol–water partition coefficient (Wildman–Crippen LogP) is 4.45. The Balaban J connectivity index is 2.16.